The molecule has 0 aliphatic rings. The standard InChI is InChI=1S/C48H36N4O.Pt/c1-48(2,3)38-23-24-49-47(30-38)52-45-20-11-10-19-43(45)44-22-21-42(32-46(44)52)53-41-18-12-17-39(31-41)50-25-26-51(33-50)40-28-36(34-13-6-4-7-14-34)27-37(29-40)35-15-8-5-9-16-35;/h4-30H,1-3H3;/q-2;. The molecule has 3 heterocycles. The summed E-state index contributed by atoms with van der Waals surface area (Å²) in [5.74, 6) is 2.03. The van der Waals surface area contributed by atoms with Crippen LogP contribution in [-0.2, 0) is 26.5 Å². The minimum atomic E-state index is -0.0109. The number of imidazole rings is 1. The van der Waals surface area contributed by atoms with Gasteiger partial charge in [0.1, 0.15) is 5.82 Å². The Balaban J connectivity index is 0.00000413. The van der Waals surface area contributed by atoms with Crippen LogP contribution in [0.1, 0.15) is 26.3 Å². The van der Waals surface area contributed by atoms with Crippen LogP contribution in [0.15, 0.2) is 164 Å². The molecule has 0 N–H and O–H groups in total. The second-order valence-corrected chi connectivity index (χ2v) is 14.2. The summed E-state index contributed by atoms with van der Waals surface area (Å²) >= 11 is 0. The molecular formula is C48H36N4OPt-2. The van der Waals surface area contributed by atoms with Crippen LogP contribution in [0.2, 0.25) is 0 Å². The fraction of sp³-hybridized carbons (Fsp3) is 0.0833. The van der Waals surface area contributed by atoms with Crippen LogP contribution >= 0.6 is 0 Å². The molecule has 0 atom stereocenters. The number of hydrogen-bond acceptors (Lipinski definition) is 2. The molecule has 5 nitrogen and oxygen atoms in total. The molecule has 0 unspecified atom stereocenters. The van der Waals surface area contributed by atoms with Gasteiger partial charge in [-0.1, -0.05) is 105 Å². The molecule has 266 valence electrons. The molecule has 0 spiro atoms. The van der Waals surface area contributed by atoms with Crippen LogP contribution in [0.3, 0.4) is 0 Å². The van der Waals surface area contributed by atoms with Crippen LogP contribution in [-0.4, -0.2) is 14.1 Å². The Morgan fingerprint density at radius 1 is 0.630 bits per heavy atom. The molecule has 9 aromatic rings. The minimum absolute atomic E-state index is 0. The number of aromatic nitrogens is 4. The molecule has 0 amide bonds. The summed E-state index contributed by atoms with van der Waals surface area (Å²) in [6.45, 7) is 6.66. The number of nitrogens with zero attached hydrogens (tertiary/aromatic N) is 4. The zero-order valence-electron chi connectivity index (χ0n) is 30.1. The summed E-state index contributed by atoms with van der Waals surface area (Å²) in [5.41, 5.74) is 9.61. The van der Waals surface area contributed by atoms with E-state index in [1.165, 1.54) is 5.56 Å². The van der Waals surface area contributed by atoms with E-state index in [9.17, 15) is 0 Å². The van der Waals surface area contributed by atoms with Crippen LogP contribution in [0.5, 0.6) is 11.5 Å². The fourth-order valence-corrected chi connectivity index (χ4v) is 6.87. The normalized spacial score (nSPS) is 11.5. The van der Waals surface area contributed by atoms with E-state index in [0.29, 0.717) is 11.5 Å². The quantitative estimate of drug-likeness (QED) is 0.118. The van der Waals surface area contributed by atoms with Gasteiger partial charge in [0.25, 0.3) is 6.33 Å². The number of para-hydroxylation sites is 1. The SMILES string of the molecule is CC(C)(C)c1ccnc(-n2c3[c-]c(Oc4[c-]c(-n5[c-][n+](-c6cc(-c7ccccc7)cc(-c7ccccc7)c6)cc5)ccc4)ccc3c3ccccc32)c1.[Pt]. The Labute approximate surface area is 330 Å². The average Bonchev–Trinajstić information content (AvgIpc) is 3.82. The van der Waals surface area contributed by atoms with Gasteiger partial charge >= 0.3 is 0 Å². The number of fused-ring (bicyclic) bond motifs is 3. The van der Waals surface area contributed by atoms with Crippen molar-refractivity contribution >= 4 is 21.8 Å². The van der Waals surface area contributed by atoms with Gasteiger partial charge in [-0.3, -0.25) is 4.57 Å². The number of rotatable bonds is 7. The van der Waals surface area contributed by atoms with Gasteiger partial charge in [-0.2, -0.15) is 18.2 Å². The van der Waals surface area contributed by atoms with Crippen molar-refractivity contribution in [3.63, 3.8) is 0 Å². The monoisotopic (exact) mass is 879 g/mol. The second kappa shape index (κ2) is 14.4. The van der Waals surface area contributed by atoms with Gasteiger partial charge in [-0.25, -0.2) is 4.98 Å². The number of benzene rings is 6. The van der Waals surface area contributed by atoms with Crippen molar-refractivity contribution < 1.29 is 30.4 Å². The fourth-order valence-electron chi connectivity index (χ4n) is 6.87. The van der Waals surface area contributed by atoms with Crippen LogP contribution in [0.25, 0.3) is 61.3 Å². The van der Waals surface area contributed by atoms with Crippen molar-refractivity contribution in [3.05, 3.63) is 188 Å². The van der Waals surface area contributed by atoms with E-state index < -0.39 is 0 Å². The molecule has 6 aromatic carbocycles. The maximum Gasteiger partial charge on any atom is 0.267 e. The molecule has 0 aliphatic heterocycles. The van der Waals surface area contributed by atoms with Gasteiger partial charge in [0.05, 0.1) is 5.69 Å². The van der Waals surface area contributed by atoms with E-state index in [4.69, 9.17) is 9.72 Å². The van der Waals surface area contributed by atoms with E-state index in [1.54, 1.807) is 0 Å². The summed E-state index contributed by atoms with van der Waals surface area (Å²) in [4.78, 5) is 4.81. The molecule has 0 aliphatic carbocycles. The van der Waals surface area contributed by atoms with Crippen LogP contribution in [0, 0.1) is 18.5 Å². The van der Waals surface area contributed by atoms with Gasteiger partial charge in [0.15, 0.2) is 0 Å². The summed E-state index contributed by atoms with van der Waals surface area (Å²) in [6.07, 6.45) is 9.40. The van der Waals surface area contributed by atoms with Crippen molar-refractivity contribution in [2.75, 3.05) is 0 Å². The first kappa shape index (κ1) is 35.0. The van der Waals surface area contributed by atoms with Crippen molar-refractivity contribution in [1.82, 2.24) is 14.1 Å². The summed E-state index contributed by atoms with van der Waals surface area (Å²) in [6, 6.07) is 57.3. The Hall–Kier alpha value is -6.03. The molecule has 6 heteroatoms. The Morgan fingerprint density at radius 2 is 1.31 bits per heavy atom. The maximum absolute atomic E-state index is 6.46. The maximum atomic E-state index is 6.46. The molecule has 3 aromatic heterocycles. The Morgan fingerprint density at radius 3 is 2.04 bits per heavy atom. The molecule has 0 bridgehead atoms. The molecule has 0 saturated carbocycles. The zero-order valence-corrected chi connectivity index (χ0v) is 32.4. The summed E-state index contributed by atoms with van der Waals surface area (Å²) in [5, 5.41) is 2.23. The first-order valence-electron chi connectivity index (χ1n) is 17.8. The summed E-state index contributed by atoms with van der Waals surface area (Å²) < 4.78 is 12.6. The van der Waals surface area contributed by atoms with E-state index in [-0.39, 0.29) is 26.5 Å². The first-order chi connectivity index (χ1) is 25.9. The average molecular weight is 880 g/mol. The van der Waals surface area contributed by atoms with Crippen LogP contribution < -0.4 is 9.30 Å². The molecule has 0 radical (unpaired) electrons. The number of ether oxygens (including phenoxy) is 1. The van der Waals surface area contributed by atoms with E-state index in [0.717, 1.165) is 61.3 Å². The third kappa shape index (κ3) is 6.79. The van der Waals surface area contributed by atoms with Gasteiger partial charge < -0.3 is 13.9 Å². The second-order valence-electron chi connectivity index (χ2n) is 14.2. The third-order valence-electron chi connectivity index (χ3n) is 9.62. The largest absolute Gasteiger partial charge is 0.510 e. The molecule has 0 fully saturated rings. The van der Waals surface area contributed by atoms with Crippen molar-refractivity contribution in [2.45, 2.75) is 26.2 Å². The third-order valence-corrected chi connectivity index (χ3v) is 9.62. The van der Waals surface area contributed by atoms with Crippen molar-refractivity contribution in [3.8, 4) is 50.9 Å². The molecule has 9 rings (SSSR count). The minimum Gasteiger partial charge on any atom is -0.510 e. The van der Waals surface area contributed by atoms with Gasteiger partial charge in [-0.15, -0.1) is 29.7 Å². The predicted octanol–water partition coefficient (Wildman–Crippen LogP) is 11.1. The number of hydrogen-bond donors (Lipinski definition) is 0. The molecule has 54 heavy (non-hydrogen) atoms. The molecular weight excluding hydrogens is 844 g/mol. The smallest absolute Gasteiger partial charge is 0.267 e. The Kier molecular flexibility index (Phi) is 9.35. The van der Waals surface area contributed by atoms with E-state index in [1.807, 2.05) is 64.1 Å². The Bertz CT molecular complexity index is 2690. The van der Waals surface area contributed by atoms with Gasteiger partial charge in [0, 0.05) is 56.7 Å². The van der Waals surface area contributed by atoms with Crippen molar-refractivity contribution in [1.29, 1.82) is 0 Å². The van der Waals surface area contributed by atoms with Crippen molar-refractivity contribution in [2.24, 2.45) is 0 Å². The predicted molar refractivity (Wildman–Crippen MR) is 212 cm³/mol. The van der Waals surface area contributed by atoms with Crippen LogP contribution in [0.4, 0.5) is 0 Å². The molecule has 0 saturated heterocycles. The topological polar surface area (TPSA) is 35.9 Å². The summed E-state index contributed by atoms with van der Waals surface area (Å²) in [7, 11) is 0. The van der Waals surface area contributed by atoms with E-state index >= 15 is 0 Å². The van der Waals surface area contributed by atoms with Gasteiger partial charge in [0.2, 0.25) is 0 Å². The first-order valence-corrected chi connectivity index (χ1v) is 17.8. The number of pyridine rings is 1. The van der Waals surface area contributed by atoms with E-state index in [2.05, 4.69) is 153 Å². The van der Waals surface area contributed by atoms with Gasteiger partial charge in [-0.05, 0) is 80.7 Å². The zero-order chi connectivity index (χ0) is 35.9.